The average molecular weight is 327 g/mol. The summed E-state index contributed by atoms with van der Waals surface area (Å²) in [7, 11) is 0. The van der Waals surface area contributed by atoms with Gasteiger partial charge in [-0.2, -0.15) is 0 Å². The summed E-state index contributed by atoms with van der Waals surface area (Å²) < 4.78 is 0. The molecule has 0 aromatic heterocycles. The van der Waals surface area contributed by atoms with Crippen LogP contribution in [-0.2, 0) is 16.5 Å². The number of phenolic OH excluding ortho intramolecular Hbond substituents is 2. The van der Waals surface area contributed by atoms with E-state index in [0.717, 1.165) is 0 Å². The third kappa shape index (κ3) is 5.40. The summed E-state index contributed by atoms with van der Waals surface area (Å²) in [5, 5.41) is 19.1. The number of hydrogen-bond acceptors (Lipinski definition) is 4. The van der Waals surface area contributed by atoms with E-state index in [0.29, 0.717) is 24.2 Å². The van der Waals surface area contributed by atoms with Gasteiger partial charge in [0.25, 0.3) is 0 Å². The van der Waals surface area contributed by atoms with Gasteiger partial charge in [0.2, 0.25) is 0 Å². The minimum absolute atomic E-state index is 0. The molecule has 2 N–H and O–H groups in total. The fourth-order valence-corrected chi connectivity index (χ4v) is 1.63. The average Bonchev–Trinajstić information content (AvgIpc) is 2.46. The molecule has 0 saturated carbocycles. The molecule has 0 aliphatic heterocycles. The Morgan fingerprint density at radius 3 is 1.48 bits per heavy atom. The maximum absolute atomic E-state index is 9.54. The Labute approximate surface area is 133 Å². The number of aromatic hydroxyl groups is 2. The van der Waals surface area contributed by atoms with Crippen LogP contribution in [0, 0.1) is 0 Å². The maximum atomic E-state index is 9.54. The number of hydrogen-bond donors (Lipinski definition) is 2. The summed E-state index contributed by atoms with van der Waals surface area (Å²) in [6.07, 6.45) is 3.26. The van der Waals surface area contributed by atoms with E-state index in [4.69, 9.17) is 0 Å². The number of benzene rings is 2. The van der Waals surface area contributed by atoms with Crippen molar-refractivity contribution in [3.05, 3.63) is 59.7 Å². The van der Waals surface area contributed by atoms with Crippen LogP contribution in [0.1, 0.15) is 11.1 Å². The fraction of sp³-hybridized carbons (Fsp3) is 0.125. The topological polar surface area (TPSA) is 65.2 Å². The normalized spacial score (nSPS) is 10.9. The van der Waals surface area contributed by atoms with E-state index in [1.54, 1.807) is 48.8 Å². The van der Waals surface area contributed by atoms with Gasteiger partial charge < -0.3 is 10.2 Å². The van der Waals surface area contributed by atoms with Crippen LogP contribution < -0.4 is 0 Å². The first-order valence-electron chi connectivity index (χ1n) is 6.33. The molecule has 0 amide bonds. The van der Waals surface area contributed by atoms with Crippen molar-refractivity contribution in [1.82, 2.24) is 0 Å². The van der Waals surface area contributed by atoms with E-state index in [9.17, 15) is 10.2 Å². The van der Waals surface area contributed by atoms with Gasteiger partial charge in [-0.1, -0.05) is 24.3 Å². The van der Waals surface area contributed by atoms with Gasteiger partial charge in [0.05, 0.1) is 13.1 Å². The van der Waals surface area contributed by atoms with Gasteiger partial charge in [0.15, 0.2) is 0 Å². The van der Waals surface area contributed by atoms with Crippen LogP contribution in [0.15, 0.2) is 58.5 Å². The maximum Gasteiger partial charge on any atom is 0.124 e. The van der Waals surface area contributed by atoms with E-state index in [-0.39, 0.29) is 28.0 Å². The molecule has 0 saturated heterocycles. The molecule has 2 aromatic carbocycles. The second-order valence-corrected chi connectivity index (χ2v) is 4.19. The summed E-state index contributed by atoms with van der Waals surface area (Å²) in [5.74, 6) is 0.433. The van der Waals surface area contributed by atoms with E-state index >= 15 is 0 Å². The summed E-state index contributed by atoms with van der Waals surface area (Å²) in [6.45, 7) is 1.05. The number of aliphatic imine (C=N–C) groups is 2. The summed E-state index contributed by atoms with van der Waals surface area (Å²) >= 11 is 0. The van der Waals surface area contributed by atoms with Crippen LogP contribution >= 0.6 is 0 Å². The SMILES string of the molecule is Oc1ccccc1C=NCCN=Cc1ccccc1O.[Ni]. The molecule has 21 heavy (non-hydrogen) atoms. The monoisotopic (exact) mass is 326 g/mol. The van der Waals surface area contributed by atoms with Crippen molar-refractivity contribution in [2.24, 2.45) is 9.98 Å². The number of rotatable bonds is 5. The molecular weight excluding hydrogens is 311 g/mol. The molecule has 112 valence electrons. The van der Waals surface area contributed by atoms with Crippen LogP contribution in [0.4, 0.5) is 0 Å². The molecule has 0 fully saturated rings. The molecule has 0 unspecified atom stereocenters. The molecule has 0 atom stereocenters. The quantitative estimate of drug-likeness (QED) is 0.504. The Morgan fingerprint density at radius 2 is 1.10 bits per heavy atom. The molecule has 0 spiro atoms. The van der Waals surface area contributed by atoms with Gasteiger partial charge in [0, 0.05) is 40.0 Å². The molecule has 0 aliphatic carbocycles. The van der Waals surface area contributed by atoms with Crippen LogP contribution in [0.5, 0.6) is 11.5 Å². The third-order valence-electron chi connectivity index (χ3n) is 2.69. The molecular formula is C16H16N2NiO2. The van der Waals surface area contributed by atoms with E-state index in [1.807, 2.05) is 12.1 Å². The standard InChI is InChI=1S/C16H16N2O2.Ni/c19-15-7-3-1-5-13(15)11-17-9-10-18-12-14-6-2-4-8-16(14)20;/h1-8,11-12,19-20H,9-10H2;. The molecule has 2 rings (SSSR count). The molecule has 2 aromatic rings. The Bertz CT molecular complexity index is 572. The molecule has 4 nitrogen and oxygen atoms in total. The van der Waals surface area contributed by atoms with E-state index in [1.165, 1.54) is 0 Å². The summed E-state index contributed by atoms with van der Waals surface area (Å²) in [4.78, 5) is 8.39. The number of phenols is 2. The van der Waals surface area contributed by atoms with Crippen molar-refractivity contribution in [3.63, 3.8) is 0 Å². The minimum Gasteiger partial charge on any atom is -0.507 e. The van der Waals surface area contributed by atoms with Crippen LogP contribution in [0.2, 0.25) is 0 Å². The Balaban J connectivity index is 0.00000220. The van der Waals surface area contributed by atoms with Gasteiger partial charge in [-0.3, -0.25) is 9.98 Å². The Hall–Kier alpha value is -2.13. The number of nitrogens with zero attached hydrogens (tertiary/aromatic N) is 2. The van der Waals surface area contributed by atoms with Crippen LogP contribution in [0.25, 0.3) is 0 Å². The first-order chi connectivity index (χ1) is 9.77. The summed E-state index contributed by atoms with van der Waals surface area (Å²) in [5.41, 5.74) is 1.38. The van der Waals surface area contributed by atoms with Gasteiger partial charge in [-0.05, 0) is 24.3 Å². The van der Waals surface area contributed by atoms with Gasteiger partial charge >= 0.3 is 0 Å². The zero-order chi connectivity index (χ0) is 14.2. The van der Waals surface area contributed by atoms with Gasteiger partial charge in [0.1, 0.15) is 11.5 Å². The Morgan fingerprint density at radius 1 is 0.714 bits per heavy atom. The summed E-state index contributed by atoms with van der Waals surface area (Å²) in [6, 6.07) is 14.1. The van der Waals surface area contributed by atoms with Crippen molar-refractivity contribution < 1.29 is 26.7 Å². The van der Waals surface area contributed by atoms with E-state index in [2.05, 4.69) is 9.98 Å². The minimum atomic E-state index is 0. The van der Waals surface area contributed by atoms with Crippen molar-refractivity contribution >= 4 is 12.4 Å². The predicted octanol–water partition coefficient (Wildman–Crippen LogP) is 2.63. The first-order valence-corrected chi connectivity index (χ1v) is 6.33. The zero-order valence-electron chi connectivity index (χ0n) is 11.3. The molecule has 0 bridgehead atoms. The zero-order valence-corrected chi connectivity index (χ0v) is 12.3. The molecule has 0 radical (unpaired) electrons. The smallest absolute Gasteiger partial charge is 0.124 e. The van der Waals surface area contributed by atoms with Gasteiger partial charge in [-0.15, -0.1) is 0 Å². The molecule has 5 heteroatoms. The number of para-hydroxylation sites is 2. The van der Waals surface area contributed by atoms with Crippen molar-refractivity contribution in [1.29, 1.82) is 0 Å². The molecule has 0 heterocycles. The third-order valence-corrected chi connectivity index (χ3v) is 2.69. The fourth-order valence-electron chi connectivity index (χ4n) is 1.63. The van der Waals surface area contributed by atoms with Crippen LogP contribution in [0.3, 0.4) is 0 Å². The second-order valence-electron chi connectivity index (χ2n) is 4.19. The van der Waals surface area contributed by atoms with Crippen molar-refractivity contribution in [2.45, 2.75) is 0 Å². The van der Waals surface area contributed by atoms with Crippen LogP contribution in [-0.4, -0.2) is 35.7 Å². The first kappa shape index (κ1) is 16.9. The van der Waals surface area contributed by atoms with E-state index < -0.39 is 0 Å². The van der Waals surface area contributed by atoms with Gasteiger partial charge in [-0.25, -0.2) is 0 Å². The van der Waals surface area contributed by atoms with Crippen molar-refractivity contribution in [2.75, 3.05) is 13.1 Å². The Kier molecular flexibility index (Phi) is 7.20. The largest absolute Gasteiger partial charge is 0.507 e. The van der Waals surface area contributed by atoms with Crippen molar-refractivity contribution in [3.8, 4) is 11.5 Å². The second kappa shape index (κ2) is 8.93. The predicted molar refractivity (Wildman–Crippen MR) is 81.1 cm³/mol. The molecule has 0 aliphatic rings.